The highest BCUT2D eigenvalue weighted by molar-refractivity contribution is 5.63. The number of aryl methyl sites for hydroxylation is 1. The predicted octanol–water partition coefficient (Wildman–Crippen LogP) is 3.07. The van der Waals surface area contributed by atoms with Gasteiger partial charge in [-0.1, -0.05) is 0 Å². The average molecular weight is 329 g/mol. The molecule has 5 nitrogen and oxygen atoms in total. The number of aromatic nitrogens is 1. The van der Waals surface area contributed by atoms with E-state index < -0.39 is 0 Å². The molecule has 2 heterocycles. The Kier molecular flexibility index (Phi) is 4.92. The molecule has 0 saturated carbocycles. The second-order valence-electron chi connectivity index (χ2n) is 6.61. The van der Waals surface area contributed by atoms with Crippen molar-refractivity contribution in [1.82, 2.24) is 15.2 Å². The molecule has 1 N–H and O–H groups in total. The highest BCUT2D eigenvalue weighted by Gasteiger charge is 2.22. The third-order valence-corrected chi connectivity index (χ3v) is 5.07. The molecule has 1 unspecified atom stereocenters. The zero-order chi connectivity index (χ0) is 17.3. The van der Waals surface area contributed by atoms with Crippen LogP contribution in [0.25, 0.3) is 11.5 Å². The smallest absolute Gasteiger partial charge is 0.226 e. The fraction of sp³-hybridized carbons (Fsp3) is 0.526. The number of nitrogens with zero attached hydrogens (tertiary/aromatic N) is 2. The van der Waals surface area contributed by atoms with Crippen LogP contribution in [0.3, 0.4) is 0 Å². The molecule has 24 heavy (non-hydrogen) atoms. The number of hydrogen-bond donors (Lipinski definition) is 1. The van der Waals surface area contributed by atoms with Gasteiger partial charge in [-0.05, 0) is 51.0 Å². The van der Waals surface area contributed by atoms with E-state index in [4.69, 9.17) is 14.1 Å². The zero-order valence-electron chi connectivity index (χ0n) is 15.3. The summed E-state index contributed by atoms with van der Waals surface area (Å²) in [6.07, 6.45) is 0. The van der Waals surface area contributed by atoms with Crippen LogP contribution in [0.2, 0.25) is 0 Å². The summed E-state index contributed by atoms with van der Waals surface area (Å²) >= 11 is 0. The standard InChI is InChI=1S/C19H27N3O2/c1-12-10-20-8-9-22(12)11-17-15(4)24-19(21-17)16-6-7-18(23-5)14(3)13(16)2/h6-7,12,20H,8-11H2,1-5H3. The Morgan fingerprint density at radius 3 is 2.79 bits per heavy atom. The molecule has 130 valence electrons. The molecule has 1 atom stereocenters. The molecule has 0 radical (unpaired) electrons. The molecule has 3 rings (SSSR count). The number of hydrogen-bond acceptors (Lipinski definition) is 5. The van der Waals surface area contributed by atoms with Crippen molar-refractivity contribution in [2.24, 2.45) is 0 Å². The Morgan fingerprint density at radius 2 is 2.08 bits per heavy atom. The lowest BCUT2D eigenvalue weighted by Gasteiger charge is -2.33. The summed E-state index contributed by atoms with van der Waals surface area (Å²) < 4.78 is 11.4. The lowest BCUT2D eigenvalue weighted by Crippen LogP contribution is -2.49. The number of oxazole rings is 1. The normalized spacial score (nSPS) is 18.8. The first-order chi connectivity index (χ1) is 11.5. The largest absolute Gasteiger partial charge is 0.496 e. The van der Waals surface area contributed by atoms with Crippen molar-refractivity contribution in [1.29, 1.82) is 0 Å². The van der Waals surface area contributed by atoms with E-state index in [1.54, 1.807) is 7.11 Å². The van der Waals surface area contributed by atoms with Crippen LogP contribution in [0, 0.1) is 20.8 Å². The van der Waals surface area contributed by atoms with Gasteiger partial charge in [-0.3, -0.25) is 4.90 Å². The highest BCUT2D eigenvalue weighted by atomic mass is 16.5. The Hall–Kier alpha value is -1.85. The Morgan fingerprint density at radius 1 is 1.29 bits per heavy atom. The first-order valence-electron chi connectivity index (χ1n) is 8.57. The topological polar surface area (TPSA) is 50.5 Å². The second kappa shape index (κ2) is 6.95. The molecular formula is C19H27N3O2. The van der Waals surface area contributed by atoms with Gasteiger partial charge in [-0.25, -0.2) is 4.98 Å². The fourth-order valence-corrected chi connectivity index (χ4v) is 3.25. The van der Waals surface area contributed by atoms with E-state index in [9.17, 15) is 0 Å². The van der Waals surface area contributed by atoms with Crippen LogP contribution in [0.15, 0.2) is 16.5 Å². The van der Waals surface area contributed by atoms with Crippen LogP contribution >= 0.6 is 0 Å². The molecular weight excluding hydrogens is 302 g/mol. The van der Waals surface area contributed by atoms with Crippen molar-refractivity contribution in [3.63, 3.8) is 0 Å². The monoisotopic (exact) mass is 329 g/mol. The number of ether oxygens (including phenoxy) is 1. The molecule has 0 amide bonds. The maximum atomic E-state index is 5.99. The van der Waals surface area contributed by atoms with E-state index in [1.165, 1.54) is 0 Å². The minimum atomic E-state index is 0.517. The van der Waals surface area contributed by atoms with E-state index in [0.29, 0.717) is 11.9 Å². The summed E-state index contributed by atoms with van der Waals surface area (Å²) in [6, 6.07) is 4.53. The lowest BCUT2D eigenvalue weighted by molar-refractivity contribution is 0.163. The van der Waals surface area contributed by atoms with Gasteiger partial charge in [-0.2, -0.15) is 0 Å². The van der Waals surface area contributed by atoms with Crippen LogP contribution in [0.5, 0.6) is 5.75 Å². The van der Waals surface area contributed by atoms with Crippen LogP contribution < -0.4 is 10.1 Å². The Balaban J connectivity index is 1.87. The third kappa shape index (κ3) is 3.19. The quantitative estimate of drug-likeness (QED) is 0.934. The van der Waals surface area contributed by atoms with Gasteiger partial charge in [0.05, 0.1) is 12.8 Å². The molecule has 0 spiro atoms. The van der Waals surface area contributed by atoms with Gasteiger partial charge < -0.3 is 14.5 Å². The molecule has 0 bridgehead atoms. The van der Waals surface area contributed by atoms with E-state index in [2.05, 4.69) is 31.0 Å². The summed E-state index contributed by atoms with van der Waals surface area (Å²) in [4.78, 5) is 7.25. The molecule has 1 saturated heterocycles. The van der Waals surface area contributed by atoms with E-state index in [-0.39, 0.29) is 0 Å². The van der Waals surface area contributed by atoms with Crippen molar-refractivity contribution in [3.8, 4) is 17.2 Å². The van der Waals surface area contributed by atoms with E-state index in [0.717, 1.165) is 60.1 Å². The average Bonchev–Trinajstić information content (AvgIpc) is 2.93. The Labute approximate surface area is 144 Å². The maximum Gasteiger partial charge on any atom is 0.226 e. The van der Waals surface area contributed by atoms with Gasteiger partial charge in [0.25, 0.3) is 0 Å². The van der Waals surface area contributed by atoms with Crippen molar-refractivity contribution in [3.05, 3.63) is 34.7 Å². The van der Waals surface area contributed by atoms with Gasteiger partial charge in [0.2, 0.25) is 5.89 Å². The fourth-order valence-electron chi connectivity index (χ4n) is 3.25. The number of benzene rings is 1. The van der Waals surface area contributed by atoms with Crippen molar-refractivity contribution in [2.75, 3.05) is 26.7 Å². The van der Waals surface area contributed by atoms with Crippen molar-refractivity contribution >= 4 is 0 Å². The lowest BCUT2D eigenvalue weighted by atomic mass is 10.0. The third-order valence-electron chi connectivity index (χ3n) is 5.07. The number of piperazine rings is 1. The minimum Gasteiger partial charge on any atom is -0.496 e. The minimum absolute atomic E-state index is 0.517. The SMILES string of the molecule is COc1ccc(-c2nc(CN3CCNCC3C)c(C)o2)c(C)c1C. The molecule has 2 aromatic rings. The van der Waals surface area contributed by atoms with Gasteiger partial charge in [-0.15, -0.1) is 0 Å². The number of nitrogens with one attached hydrogen (secondary N) is 1. The number of methoxy groups -OCH3 is 1. The molecule has 1 aromatic heterocycles. The molecule has 0 aliphatic carbocycles. The summed E-state index contributed by atoms with van der Waals surface area (Å²) in [5, 5.41) is 3.42. The molecule has 5 heteroatoms. The van der Waals surface area contributed by atoms with Gasteiger partial charge in [0.1, 0.15) is 11.5 Å². The van der Waals surface area contributed by atoms with Crippen LogP contribution in [0.4, 0.5) is 0 Å². The second-order valence-corrected chi connectivity index (χ2v) is 6.61. The number of rotatable bonds is 4. The highest BCUT2D eigenvalue weighted by Crippen LogP contribution is 2.31. The van der Waals surface area contributed by atoms with Crippen LogP contribution in [0.1, 0.15) is 29.5 Å². The van der Waals surface area contributed by atoms with Gasteiger partial charge >= 0.3 is 0 Å². The first kappa shape index (κ1) is 17.0. The Bertz CT molecular complexity index is 724. The molecule has 1 fully saturated rings. The van der Waals surface area contributed by atoms with Gasteiger partial charge in [0.15, 0.2) is 0 Å². The van der Waals surface area contributed by atoms with Crippen molar-refractivity contribution in [2.45, 2.75) is 40.3 Å². The molecule has 1 aliphatic heterocycles. The van der Waals surface area contributed by atoms with Crippen LogP contribution in [-0.4, -0.2) is 42.7 Å². The van der Waals surface area contributed by atoms with Crippen LogP contribution in [-0.2, 0) is 6.54 Å². The maximum absolute atomic E-state index is 5.99. The molecule has 1 aromatic carbocycles. The summed E-state index contributed by atoms with van der Waals surface area (Å²) in [5.41, 5.74) is 4.35. The summed E-state index contributed by atoms with van der Waals surface area (Å²) in [5.74, 6) is 2.51. The van der Waals surface area contributed by atoms with Gasteiger partial charge in [0, 0.05) is 37.8 Å². The van der Waals surface area contributed by atoms with Crippen molar-refractivity contribution < 1.29 is 9.15 Å². The summed E-state index contributed by atoms with van der Waals surface area (Å²) in [7, 11) is 1.70. The molecule has 1 aliphatic rings. The van der Waals surface area contributed by atoms with E-state index >= 15 is 0 Å². The summed E-state index contributed by atoms with van der Waals surface area (Å²) in [6.45, 7) is 12.4. The predicted molar refractivity (Wildman–Crippen MR) is 95.4 cm³/mol. The first-order valence-corrected chi connectivity index (χ1v) is 8.57. The zero-order valence-corrected chi connectivity index (χ0v) is 15.3. The van der Waals surface area contributed by atoms with E-state index in [1.807, 2.05) is 19.1 Å².